The van der Waals surface area contributed by atoms with Crippen LogP contribution in [0, 0.1) is 18.3 Å². The van der Waals surface area contributed by atoms with Gasteiger partial charge < -0.3 is 14.4 Å². The van der Waals surface area contributed by atoms with Gasteiger partial charge in [-0.15, -0.1) is 0 Å². The van der Waals surface area contributed by atoms with E-state index in [1.54, 1.807) is 11.0 Å². The zero-order chi connectivity index (χ0) is 17.9. The average molecular weight is 396 g/mol. The topological polar surface area (TPSA) is 75.5 Å². The third kappa shape index (κ3) is 4.84. The molecule has 2 heterocycles. The van der Waals surface area contributed by atoms with Gasteiger partial charge >= 0.3 is 6.09 Å². The molecule has 1 aliphatic heterocycles. The highest BCUT2D eigenvalue weighted by molar-refractivity contribution is 9.10. The maximum absolute atomic E-state index is 12.2. The van der Waals surface area contributed by atoms with E-state index in [-0.39, 0.29) is 12.2 Å². The Morgan fingerprint density at radius 1 is 1.50 bits per heavy atom. The Kier molecular flexibility index (Phi) is 5.70. The molecule has 1 saturated heterocycles. The molecule has 0 spiro atoms. The van der Waals surface area contributed by atoms with Crippen molar-refractivity contribution in [3.8, 4) is 11.8 Å². The Morgan fingerprint density at radius 3 is 2.79 bits per heavy atom. The first-order valence-electron chi connectivity index (χ1n) is 7.91. The number of aryl methyl sites for hydroxylation is 1. The molecule has 7 heteroatoms. The lowest BCUT2D eigenvalue weighted by Crippen LogP contribution is -2.46. The van der Waals surface area contributed by atoms with Crippen LogP contribution < -0.4 is 4.74 Å². The first-order valence-corrected chi connectivity index (χ1v) is 8.70. The first-order chi connectivity index (χ1) is 11.2. The minimum atomic E-state index is -0.512. The van der Waals surface area contributed by atoms with Gasteiger partial charge in [-0.2, -0.15) is 5.26 Å². The summed E-state index contributed by atoms with van der Waals surface area (Å²) in [5, 5.41) is 8.96. The van der Waals surface area contributed by atoms with Gasteiger partial charge in [-0.05, 0) is 68.1 Å². The van der Waals surface area contributed by atoms with Crippen molar-refractivity contribution in [1.82, 2.24) is 9.88 Å². The number of nitriles is 1. The van der Waals surface area contributed by atoms with Crippen molar-refractivity contribution in [1.29, 1.82) is 5.26 Å². The number of carbonyl (C=O) groups excluding carboxylic acids is 1. The molecule has 0 N–H and O–H groups in total. The summed E-state index contributed by atoms with van der Waals surface area (Å²) in [6.45, 7) is 8.57. The molecule has 1 unspecified atom stereocenters. The molecule has 1 aliphatic rings. The largest absolute Gasteiger partial charge is 0.485 e. The van der Waals surface area contributed by atoms with Crippen molar-refractivity contribution < 1.29 is 14.3 Å². The fourth-order valence-corrected chi connectivity index (χ4v) is 3.11. The van der Waals surface area contributed by atoms with Crippen molar-refractivity contribution in [3.05, 3.63) is 21.9 Å². The van der Waals surface area contributed by atoms with E-state index in [0.29, 0.717) is 29.1 Å². The fraction of sp³-hybridized carbons (Fsp3) is 0.588. The number of halogens is 1. The van der Waals surface area contributed by atoms with E-state index in [4.69, 9.17) is 14.7 Å². The van der Waals surface area contributed by atoms with Crippen LogP contribution in [0.3, 0.4) is 0 Å². The van der Waals surface area contributed by atoms with Crippen LogP contribution in [0.1, 0.15) is 44.9 Å². The van der Waals surface area contributed by atoms with E-state index in [0.717, 1.165) is 18.4 Å². The maximum atomic E-state index is 12.2. The van der Waals surface area contributed by atoms with E-state index in [9.17, 15) is 4.79 Å². The number of ether oxygens (including phenoxy) is 2. The highest BCUT2D eigenvalue weighted by Crippen LogP contribution is 2.30. The van der Waals surface area contributed by atoms with E-state index in [1.807, 2.05) is 33.8 Å². The number of hydrogen-bond acceptors (Lipinski definition) is 5. The molecule has 0 aromatic carbocycles. The highest BCUT2D eigenvalue weighted by atomic mass is 79.9. The third-order valence-corrected chi connectivity index (χ3v) is 4.08. The average Bonchev–Trinajstić information content (AvgIpc) is 2.49. The van der Waals surface area contributed by atoms with Crippen LogP contribution in [0.25, 0.3) is 0 Å². The molecule has 1 fully saturated rings. The third-order valence-electron chi connectivity index (χ3n) is 3.55. The van der Waals surface area contributed by atoms with Crippen LogP contribution in [0.15, 0.2) is 10.7 Å². The molecule has 1 amide bonds. The molecule has 2 rings (SSSR count). The van der Waals surface area contributed by atoms with E-state index < -0.39 is 5.60 Å². The molecular formula is C17H22BrN3O3. The lowest BCUT2D eigenvalue weighted by atomic mass is 10.1. The van der Waals surface area contributed by atoms with Crippen LogP contribution >= 0.6 is 15.9 Å². The quantitative estimate of drug-likeness (QED) is 0.711. The zero-order valence-electron chi connectivity index (χ0n) is 14.4. The van der Waals surface area contributed by atoms with Gasteiger partial charge in [0.2, 0.25) is 0 Å². The smallest absolute Gasteiger partial charge is 0.410 e. The highest BCUT2D eigenvalue weighted by Gasteiger charge is 2.29. The van der Waals surface area contributed by atoms with Crippen molar-refractivity contribution in [2.75, 3.05) is 13.1 Å². The Balaban J connectivity index is 2.06. The second-order valence-electron chi connectivity index (χ2n) is 6.86. The minimum absolute atomic E-state index is 0.129. The van der Waals surface area contributed by atoms with Crippen LogP contribution in [0.4, 0.5) is 4.79 Å². The summed E-state index contributed by atoms with van der Waals surface area (Å²) in [4.78, 5) is 18.0. The normalized spacial score (nSPS) is 18.0. The SMILES string of the molecule is Cc1cc(C#N)nc(Br)c1OC1CCCN(C(=O)OC(C)(C)C)C1. The molecular weight excluding hydrogens is 374 g/mol. The molecule has 1 aromatic rings. The van der Waals surface area contributed by atoms with E-state index >= 15 is 0 Å². The van der Waals surface area contributed by atoms with Crippen LogP contribution in [-0.4, -0.2) is 40.8 Å². The van der Waals surface area contributed by atoms with Gasteiger partial charge in [0, 0.05) is 6.54 Å². The Labute approximate surface area is 150 Å². The number of amides is 1. The summed E-state index contributed by atoms with van der Waals surface area (Å²) in [7, 11) is 0. The maximum Gasteiger partial charge on any atom is 0.410 e. The lowest BCUT2D eigenvalue weighted by molar-refractivity contribution is 0.00756. The predicted octanol–water partition coefficient (Wildman–Crippen LogP) is 3.80. The molecule has 0 bridgehead atoms. The summed E-state index contributed by atoms with van der Waals surface area (Å²) < 4.78 is 12.0. The molecule has 1 atom stereocenters. The molecule has 6 nitrogen and oxygen atoms in total. The molecule has 24 heavy (non-hydrogen) atoms. The molecule has 0 aliphatic carbocycles. The van der Waals surface area contributed by atoms with Gasteiger partial charge in [-0.25, -0.2) is 9.78 Å². The monoisotopic (exact) mass is 395 g/mol. The number of carbonyl (C=O) groups is 1. The molecule has 0 saturated carbocycles. The van der Waals surface area contributed by atoms with Crippen molar-refractivity contribution in [3.63, 3.8) is 0 Å². The van der Waals surface area contributed by atoms with Gasteiger partial charge in [-0.1, -0.05) is 0 Å². The summed E-state index contributed by atoms with van der Waals surface area (Å²) in [6.07, 6.45) is 1.26. The summed E-state index contributed by atoms with van der Waals surface area (Å²) >= 11 is 3.36. The van der Waals surface area contributed by atoms with E-state index in [2.05, 4.69) is 20.9 Å². The number of likely N-dealkylation sites (tertiary alicyclic amines) is 1. The Morgan fingerprint density at radius 2 is 2.21 bits per heavy atom. The number of hydrogen-bond donors (Lipinski definition) is 0. The van der Waals surface area contributed by atoms with E-state index in [1.165, 1.54) is 0 Å². The van der Waals surface area contributed by atoms with Crippen LogP contribution in [-0.2, 0) is 4.74 Å². The second kappa shape index (κ2) is 7.39. The zero-order valence-corrected chi connectivity index (χ0v) is 16.0. The second-order valence-corrected chi connectivity index (χ2v) is 7.62. The van der Waals surface area contributed by atoms with Crippen molar-refractivity contribution in [2.24, 2.45) is 0 Å². The first kappa shape index (κ1) is 18.5. The standard InChI is InChI=1S/C17H22BrN3O3/c1-11-8-12(9-19)20-15(18)14(11)23-13-6-5-7-21(10-13)16(22)24-17(2,3)4/h8,13H,5-7,10H2,1-4H3. The number of rotatable bonds is 2. The van der Waals surface area contributed by atoms with Crippen molar-refractivity contribution in [2.45, 2.75) is 52.2 Å². The van der Waals surface area contributed by atoms with Gasteiger partial charge in [0.15, 0.2) is 5.75 Å². The van der Waals surface area contributed by atoms with Gasteiger partial charge in [0.1, 0.15) is 28.1 Å². The van der Waals surface area contributed by atoms with Crippen LogP contribution in [0.5, 0.6) is 5.75 Å². The summed E-state index contributed by atoms with van der Waals surface area (Å²) in [6, 6.07) is 3.71. The van der Waals surface area contributed by atoms with Gasteiger partial charge in [-0.3, -0.25) is 0 Å². The molecule has 130 valence electrons. The fourth-order valence-electron chi connectivity index (χ4n) is 2.51. The summed E-state index contributed by atoms with van der Waals surface area (Å²) in [5.41, 5.74) is 0.662. The Hall–Kier alpha value is -1.81. The molecule has 1 aromatic heterocycles. The molecule has 0 radical (unpaired) electrons. The number of aromatic nitrogens is 1. The van der Waals surface area contributed by atoms with Crippen molar-refractivity contribution >= 4 is 22.0 Å². The number of nitrogens with zero attached hydrogens (tertiary/aromatic N) is 3. The minimum Gasteiger partial charge on any atom is -0.485 e. The number of piperidine rings is 1. The van der Waals surface area contributed by atoms with Crippen LogP contribution in [0.2, 0.25) is 0 Å². The van der Waals surface area contributed by atoms with Gasteiger partial charge in [0.05, 0.1) is 6.54 Å². The predicted molar refractivity (Wildman–Crippen MR) is 92.8 cm³/mol. The lowest BCUT2D eigenvalue weighted by Gasteiger charge is -2.34. The number of pyridine rings is 1. The summed E-state index contributed by atoms with van der Waals surface area (Å²) in [5.74, 6) is 0.616. The van der Waals surface area contributed by atoms with Gasteiger partial charge in [0.25, 0.3) is 0 Å². The Bertz CT molecular complexity index is 641.